The first-order chi connectivity index (χ1) is 21.1. The van der Waals surface area contributed by atoms with Crippen molar-refractivity contribution < 1.29 is 28.5 Å². The Balaban J connectivity index is 1.22. The molecule has 10 nitrogen and oxygen atoms in total. The SMILES string of the molecule is CCOc1cc(C=NNC(=O)c2[nH]c3c(C#N)cccc3c2-c2ccccc2)ccc1OC(=O)c1ccc2c(c1)OCO2. The van der Waals surface area contributed by atoms with Crippen molar-refractivity contribution in [3.63, 3.8) is 0 Å². The molecule has 0 unspecified atom stereocenters. The number of benzene rings is 4. The van der Waals surface area contributed by atoms with Gasteiger partial charge in [-0.15, -0.1) is 0 Å². The number of carbonyl (C=O) groups excluding carboxylic acids is 2. The van der Waals surface area contributed by atoms with E-state index in [9.17, 15) is 14.9 Å². The van der Waals surface area contributed by atoms with Gasteiger partial charge in [-0.3, -0.25) is 4.79 Å². The van der Waals surface area contributed by atoms with E-state index in [0.29, 0.717) is 51.6 Å². The van der Waals surface area contributed by atoms with Crippen LogP contribution in [0, 0.1) is 11.3 Å². The van der Waals surface area contributed by atoms with Crippen LogP contribution in [0.3, 0.4) is 0 Å². The predicted octanol–water partition coefficient (Wildman–Crippen LogP) is 5.82. The second-order valence-electron chi connectivity index (χ2n) is 9.38. The number of amides is 1. The third kappa shape index (κ3) is 5.47. The van der Waals surface area contributed by atoms with Crippen LogP contribution in [-0.4, -0.2) is 36.5 Å². The third-order valence-corrected chi connectivity index (χ3v) is 6.70. The minimum absolute atomic E-state index is 0.101. The van der Waals surface area contributed by atoms with Gasteiger partial charge in [0.1, 0.15) is 11.8 Å². The van der Waals surface area contributed by atoms with Crippen molar-refractivity contribution in [2.24, 2.45) is 5.10 Å². The van der Waals surface area contributed by atoms with Crippen LogP contribution in [0.2, 0.25) is 0 Å². The number of carbonyl (C=O) groups is 2. The molecule has 2 N–H and O–H groups in total. The van der Waals surface area contributed by atoms with Crippen molar-refractivity contribution in [2.45, 2.75) is 6.92 Å². The normalized spacial score (nSPS) is 11.8. The predicted molar refractivity (Wildman–Crippen MR) is 159 cm³/mol. The van der Waals surface area contributed by atoms with Crippen molar-refractivity contribution in [3.8, 4) is 40.2 Å². The zero-order chi connectivity index (χ0) is 29.8. The van der Waals surface area contributed by atoms with Crippen LogP contribution in [-0.2, 0) is 0 Å². The van der Waals surface area contributed by atoms with E-state index in [1.807, 2.05) is 43.3 Å². The number of para-hydroxylation sites is 1. The summed E-state index contributed by atoms with van der Waals surface area (Å²) >= 11 is 0. The first-order valence-corrected chi connectivity index (χ1v) is 13.4. The van der Waals surface area contributed by atoms with E-state index >= 15 is 0 Å². The summed E-state index contributed by atoms with van der Waals surface area (Å²) in [5.41, 5.74) is 6.24. The molecule has 1 aromatic heterocycles. The van der Waals surface area contributed by atoms with Crippen LogP contribution in [0.25, 0.3) is 22.0 Å². The number of H-pyrrole nitrogens is 1. The molecule has 0 atom stereocenters. The molecule has 10 heteroatoms. The highest BCUT2D eigenvalue weighted by Crippen LogP contribution is 2.35. The van der Waals surface area contributed by atoms with Gasteiger partial charge in [-0.05, 0) is 60.5 Å². The molecule has 2 heterocycles. The molecule has 1 aliphatic heterocycles. The van der Waals surface area contributed by atoms with Crippen molar-refractivity contribution in [1.82, 2.24) is 10.4 Å². The van der Waals surface area contributed by atoms with Gasteiger partial charge in [0, 0.05) is 10.9 Å². The quantitative estimate of drug-likeness (QED) is 0.104. The standard InChI is InChI=1S/C33H24N4O6/c1-2-40-27-15-20(11-13-26(27)43-33(39)22-12-14-25-28(16-22)42-19-41-25)18-35-37-32(38)31-29(21-7-4-3-5-8-21)24-10-6-9-23(17-34)30(24)36-31/h3-16,18,36H,2,19H2,1H3,(H,37,38). The Labute approximate surface area is 246 Å². The van der Waals surface area contributed by atoms with Crippen LogP contribution in [0.15, 0.2) is 90.0 Å². The number of hydrazone groups is 1. The molecule has 0 radical (unpaired) electrons. The zero-order valence-electron chi connectivity index (χ0n) is 22.9. The molecule has 1 amide bonds. The molecule has 6 rings (SSSR count). The summed E-state index contributed by atoms with van der Waals surface area (Å²) in [6.07, 6.45) is 1.45. The average Bonchev–Trinajstić information content (AvgIpc) is 3.67. The Morgan fingerprint density at radius 3 is 2.65 bits per heavy atom. The maximum Gasteiger partial charge on any atom is 0.343 e. The zero-order valence-corrected chi connectivity index (χ0v) is 22.9. The topological polar surface area (TPSA) is 135 Å². The number of nitrogens with zero attached hydrogens (tertiary/aromatic N) is 2. The van der Waals surface area contributed by atoms with Gasteiger partial charge in [-0.2, -0.15) is 10.4 Å². The molecule has 1 aliphatic rings. The number of aromatic nitrogens is 1. The molecule has 0 saturated carbocycles. The van der Waals surface area contributed by atoms with Crippen LogP contribution in [0.5, 0.6) is 23.0 Å². The number of nitrogens with one attached hydrogen (secondary N) is 2. The summed E-state index contributed by atoms with van der Waals surface area (Å²) in [6.45, 7) is 2.25. The molecule has 0 spiro atoms. The Kier molecular flexibility index (Phi) is 7.44. The number of rotatable bonds is 8. The lowest BCUT2D eigenvalue weighted by Crippen LogP contribution is -2.19. The molecule has 5 aromatic rings. The Morgan fingerprint density at radius 1 is 1.00 bits per heavy atom. The second-order valence-corrected chi connectivity index (χ2v) is 9.38. The fraction of sp³-hybridized carbons (Fsp3) is 0.0909. The molecule has 0 bridgehead atoms. The van der Waals surface area contributed by atoms with Crippen molar-refractivity contribution in [3.05, 3.63) is 107 Å². The summed E-state index contributed by atoms with van der Waals surface area (Å²) in [6, 6.07) is 26.7. The largest absolute Gasteiger partial charge is 0.490 e. The minimum Gasteiger partial charge on any atom is -0.490 e. The molecule has 0 fully saturated rings. The fourth-order valence-electron chi connectivity index (χ4n) is 4.75. The molecule has 0 aliphatic carbocycles. The summed E-state index contributed by atoms with van der Waals surface area (Å²) in [4.78, 5) is 29.2. The lowest BCUT2D eigenvalue weighted by molar-refractivity contribution is 0.0727. The minimum atomic E-state index is -0.583. The highest BCUT2D eigenvalue weighted by atomic mass is 16.7. The van der Waals surface area contributed by atoms with E-state index < -0.39 is 11.9 Å². The number of aromatic amines is 1. The lowest BCUT2D eigenvalue weighted by atomic mass is 10.0. The smallest absolute Gasteiger partial charge is 0.343 e. The van der Waals surface area contributed by atoms with Crippen molar-refractivity contribution in [1.29, 1.82) is 5.26 Å². The van der Waals surface area contributed by atoms with E-state index in [1.54, 1.807) is 48.5 Å². The first kappa shape index (κ1) is 27.1. The van der Waals surface area contributed by atoms with Gasteiger partial charge in [-0.1, -0.05) is 42.5 Å². The maximum atomic E-state index is 13.3. The van der Waals surface area contributed by atoms with Crippen LogP contribution in [0.4, 0.5) is 0 Å². The molecule has 4 aromatic carbocycles. The van der Waals surface area contributed by atoms with Crippen LogP contribution < -0.4 is 24.4 Å². The summed E-state index contributed by atoms with van der Waals surface area (Å²) in [5.74, 6) is 0.536. The first-order valence-electron chi connectivity index (χ1n) is 13.4. The average molecular weight is 573 g/mol. The van der Waals surface area contributed by atoms with E-state index in [2.05, 4.69) is 21.6 Å². The van der Waals surface area contributed by atoms with E-state index in [1.165, 1.54) is 6.21 Å². The second kappa shape index (κ2) is 11.8. The van der Waals surface area contributed by atoms with Gasteiger partial charge in [-0.25, -0.2) is 10.2 Å². The molecule has 212 valence electrons. The fourth-order valence-corrected chi connectivity index (χ4v) is 4.75. The van der Waals surface area contributed by atoms with Crippen molar-refractivity contribution in [2.75, 3.05) is 13.4 Å². The van der Waals surface area contributed by atoms with E-state index in [4.69, 9.17) is 18.9 Å². The number of hydrogen-bond donors (Lipinski definition) is 2. The van der Waals surface area contributed by atoms with E-state index in [0.717, 1.165) is 10.9 Å². The Hall–Kier alpha value is -6.08. The number of fused-ring (bicyclic) bond motifs is 2. The highest BCUT2D eigenvalue weighted by molar-refractivity contribution is 6.10. The Bertz CT molecular complexity index is 1920. The Morgan fingerprint density at radius 2 is 1.84 bits per heavy atom. The number of ether oxygens (including phenoxy) is 4. The molecule has 43 heavy (non-hydrogen) atoms. The summed E-state index contributed by atoms with van der Waals surface area (Å²) in [7, 11) is 0. The van der Waals surface area contributed by atoms with Gasteiger partial charge >= 0.3 is 5.97 Å². The molecular weight excluding hydrogens is 548 g/mol. The van der Waals surface area contributed by atoms with Gasteiger partial charge < -0.3 is 23.9 Å². The third-order valence-electron chi connectivity index (χ3n) is 6.70. The molecular formula is C33H24N4O6. The summed E-state index contributed by atoms with van der Waals surface area (Å²) < 4.78 is 21.9. The van der Waals surface area contributed by atoms with E-state index in [-0.39, 0.29) is 18.2 Å². The number of esters is 1. The van der Waals surface area contributed by atoms with Crippen LogP contribution in [0.1, 0.15) is 38.9 Å². The summed E-state index contributed by atoms with van der Waals surface area (Å²) in [5, 5.41) is 14.5. The maximum absolute atomic E-state index is 13.3. The monoisotopic (exact) mass is 572 g/mol. The molecule has 0 saturated heterocycles. The highest BCUT2D eigenvalue weighted by Gasteiger charge is 2.21. The van der Waals surface area contributed by atoms with Gasteiger partial charge in [0.2, 0.25) is 6.79 Å². The van der Waals surface area contributed by atoms with Crippen molar-refractivity contribution >= 4 is 29.0 Å². The lowest BCUT2D eigenvalue weighted by Gasteiger charge is -2.11. The number of nitriles is 1. The van der Waals surface area contributed by atoms with Gasteiger partial charge in [0.25, 0.3) is 5.91 Å². The van der Waals surface area contributed by atoms with Crippen LogP contribution >= 0.6 is 0 Å². The van der Waals surface area contributed by atoms with Gasteiger partial charge in [0.15, 0.2) is 23.0 Å². The van der Waals surface area contributed by atoms with Gasteiger partial charge in [0.05, 0.1) is 29.5 Å². The number of hydrogen-bond acceptors (Lipinski definition) is 8.